The van der Waals surface area contributed by atoms with Crippen molar-refractivity contribution in [3.63, 3.8) is 0 Å². The highest BCUT2D eigenvalue weighted by molar-refractivity contribution is 5.93. The number of hydrogen-bond donors (Lipinski definition) is 1. The van der Waals surface area contributed by atoms with E-state index in [2.05, 4.69) is 20.4 Å². The van der Waals surface area contributed by atoms with Gasteiger partial charge in [-0.1, -0.05) is 5.16 Å². The van der Waals surface area contributed by atoms with Crippen LogP contribution in [0.1, 0.15) is 33.1 Å². The average Bonchev–Trinajstić information content (AvgIpc) is 3.27. The maximum absolute atomic E-state index is 12.6. The summed E-state index contributed by atoms with van der Waals surface area (Å²) in [5.41, 5.74) is 3.42. The molecule has 134 valence electrons. The third-order valence-corrected chi connectivity index (χ3v) is 4.45. The van der Waals surface area contributed by atoms with E-state index in [4.69, 9.17) is 8.94 Å². The van der Waals surface area contributed by atoms with Crippen molar-refractivity contribution >= 4 is 11.7 Å². The number of carbonyl (C=O) groups is 1. The van der Waals surface area contributed by atoms with Crippen LogP contribution in [0.4, 0.5) is 5.82 Å². The molecule has 3 aromatic rings. The zero-order chi connectivity index (χ0) is 17.9. The van der Waals surface area contributed by atoms with Crippen LogP contribution in [0.15, 0.2) is 39.9 Å². The van der Waals surface area contributed by atoms with E-state index < -0.39 is 0 Å². The summed E-state index contributed by atoms with van der Waals surface area (Å²) in [7, 11) is 0. The fraction of sp³-hybridized carbons (Fsp3) is 0.333. The summed E-state index contributed by atoms with van der Waals surface area (Å²) in [6, 6.07) is 3.57. The number of carbonyl (C=O) groups excluding carboxylic acids is 1. The molecule has 0 spiro atoms. The SMILES string of the molecule is Cc1cc(CNc2ncnc3c2CCN(C(=O)c2ccoc2)CC3)no1. The summed E-state index contributed by atoms with van der Waals surface area (Å²) in [5.74, 6) is 1.54. The third kappa shape index (κ3) is 3.30. The quantitative estimate of drug-likeness (QED) is 0.768. The Balaban J connectivity index is 1.48. The molecule has 0 atom stereocenters. The normalized spacial score (nSPS) is 14.0. The summed E-state index contributed by atoms with van der Waals surface area (Å²) in [4.78, 5) is 23.2. The molecule has 0 radical (unpaired) electrons. The van der Waals surface area contributed by atoms with Crippen molar-refractivity contribution in [3.05, 3.63) is 59.3 Å². The van der Waals surface area contributed by atoms with Crippen LogP contribution in [-0.4, -0.2) is 39.0 Å². The van der Waals surface area contributed by atoms with Crippen LogP contribution in [0.25, 0.3) is 0 Å². The predicted molar refractivity (Wildman–Crippen MR) is 92.6 cm³/mol. The molecule has 0 saturated carbocycles. The predicted octanol–water partition coefficient (Wildman–Crippen LogP) is 2.22. The first kappa shape index (κ1) is 16.3. The molecule has 0 bridgehead atoms. The number of aryl methyl sites for hydroxylation is 1. The average molecular weight is 353 g/mol. The van der Waals surface area contributed by atoms with Gasteiger partial charge in [0.25, 0.3) is 5.91 Å². The Hall–Kier alpha value is -3.16. The highest BCUT2D eigenvalue weighted by Gasteiger charge is 2.23. The molecule has 1 aliphatic rings. The van der Waals surface area contributed by atoms with Crippen molar-refractivity contribution in [1.29, 1.82) is 0 Å². The van der Waals surface area contributed by atoms with Gasteiger partial charge in [0.05, 0.1) is 24.1 Å². The number of rotatable bonds is 4. The van der Waals surface area contributed by atoms with Crippen molar-refractivity contribution in [3.8, 4) is 0 Å². The molecule has 8 heteroatoms. The van der Waals surface area contributed by atoms with E-state index in [0.717, 1.165) is 28.5 Å². The second-order valence-electron chi connectivity index (χ2n) is 6.23. The molecular formula is C18H19N5O3. The van der Waals surface area contributed by atoms with E-state index in [0.29, 0.717) is 38.0 Å². The first-order valence-corrected chi connectivity index (χ1v) is 8.51. The topological polar surface area (TPSA) is 97.3 Å². The molecular weight excluding hydrogens is 334 g/mol. The van der Waals surface area contributed by atoms with Crippen LogP contribution in [0.5, 0.6) is 0 Å². The van der Waals surface area contributed by atoms with Crippen LogP contribution in [0, 0.1) is 6.92 Å². The maximum Gasteiger partial charge on any atom is 0.257 e. The van der Waals surface area contributed by atoms with Crippen molar-refractivity contribution in [1.82, 2.24) is 20.0 Å². The molecule has 4 rings (SSSR count). The number of anilines is 1. The molecule has 4 heterocycles. The Morgan fingerprint density at radius 2 is 2.19 bits per heavy atom. The van der Waals surface area contributed by atoms with Gasteiger partial charge in [-0.25, -0.2) is 9.97 Å². The van der Waals surface area contributed by atoms with Crippen molar-refractivity contribution < 1.29 is 13.7 Å². The lowest BCUT2D eigenvalue weighted by molar-refractivity contribution is 0.0762. The van der Waals surface area contributed by atoms with E-state index >= 15 is 0 Å². The second kappa shape index (κ2) is 6.99. The number of aromatic nitrogens is 3. The molecule has 0 unspecified atom stereocenters. The first-order valence-electron chi connectivity index (χ1n) is 8.51. The van der Waals surface area contributed by atoms with Crippen molar-refractivity contribution in [2.24, 2.45) is 0 Å². The highest BCUT2D eigenvalue weighted by Crippen LogP contribution is 2.22. The summed E-state index contributed by atoms with van der Waals surface area (Å²) in [6.07, 6.45) is 5.94. The van der Waals surface area contributed by atoms with Gasteiger partial charge in [-0.05, 0) is 19.4 Å². The summed E-state index contributed by atoms with van der Waals surface area (Å²) in [5, 5.41) is 7.29. The van der Waals surface area contributed by atoms with E-state index in [1.807, 2.05) is 17.9 Å². The number of nitrogens with zero attached hydrogens (tertiary/aromatic N) is 4. The van der Waals surface area contributed by atoms with E-state index in [1.165, 1.54) is 12.5 Å². The van der Waals surface area contributed by atoms with Crippen molar-refractivity contribution in [2.45, 2.75) is 26.3 Å². The van der Waals surface area contributed by atoms with Crippen LogP contribution in [-0.2, 0) is 19.4 Å². The van der Waals surface area contributed by atoms with Crippen LogP contribution < -0.4 is 5.32 Å². The minimum atomic E-state index is -0.0212. The van der Waals surface area contributed by atoms with Gasteiger partial charge in [-0.15, -0.1) is 0 Å². The number of hydrogen-bond acceptors (Lipinski definition) is 7. The first-order chi connectivity index (χ1) is 12.7. The molecule has 1 N–H and O–H groups in total. The molecule has 3 aromatic heterocycles. The summed E-state index contributed by atoms with van der Waals surface area (Å²) in [6.45, 7) is 3.62. The lowest BCUT2D eigenvalue weighted by Crippen LogP contribution is -2.33. The maximum atomic E-state index is 12.6. The molecule has 8 nitrogen and oxygen atoms in total. The van der Waals surface area contributed by atoms with Gasteiger partial charge < -0.3 is 19.2 Å². The van der Waals surface area contributed by atoms with Gasteiger partial charge >= 0.3 is 0 Å². The number of amides is 1. The molecule has 0 fully saturated rings. The number of nitrogens with one attached hydrogen (secondary N) is 1. The highest BCUT2D eigenvalue weighted by atomic mass is 16.5. The van der Waals surface area contributed by atoms with Gasteiger partial charge in [0.15, 0.2) is 0 Å². The molecule has 26 heavy (non-hydrogen) atoms. The molecule has 0 aromatic carbocycles. The van der Waals surface area contributed by atoms with E-state index in [-0.39, 0.29) is 5.91 Å². The second-order valence-corrected chi connectivity index (χ2v) is 6.23. The fourth-order valence-electron chi connectivity index (χ4n) is 3.13. The lowest BCUT2D eigenvalue weighted by atomic mass is 10.1. The van der Waals surface area contributed by atoms with E-state index in [9.17, 15) is 4.79 Å². The van der Waals surface area contributed by atoms with Crippen LogP contribution >= 0.6 is 0 Å². The van der Waals surface area contributed by atoms with Gasteiger partial charge in [0.1, 0.15) is 29.9 Å². The largest absolute Gasteiger partial charge is 0.472 e. The van der Waals surface area contributed by atoms with Gasteiger partial charge in [-0.2, -0.15) is 0 Å². The molecule has 0 aliphatic carbocycles. The Kier molecular flexibility index (Phi) is 4.39. The molecule has 1 amide bonds. The molecule has 1 aliphatic heterocycles. The Bertz CT molecular complexity index is 903. The van der Waals surface area contributed by atoms with Gasteiger partial charge in [0.2, 0.25) is 0 Å². The Morgan fingerprint density at radius 1 is 1.31 bits per heavy atom. The fourth-order valence-corrected chi connectivity index (χ4v) is 3.13. The number of furan rings is 1. The standard InChI is InChI=1S/C18H19N5O3/c1-12-8-14(22-26-12)9-19-17-15-2-5-23(6-3-16(15)20-11-21-17)18(24)13-4-7-25-10-13/h4,7-8,10-11H,2-3,5-6,9H2,1H3,(H,19,20,21). The van der Waals surface area contributed by atoms with Crippen LogP contribution in [0.2, 0.25) is 0 Å². The Labute approximate surface area is 150 Å². The zero-order valence-corrected chi connectivity index (χ0v) is 14.4. The van der Waals surface area contributed by atoms with Gasteiger partial charge in [0, 0.05) is 31.1 Å². The minimum absolute atomic E-state index is 0.0212. The zero-order valence-electron chi connectivity index (χ0n) is 14.4. The van der Waals surface area contributed by atoms with Crippen molar-refractivity contribution in [2.75, 3.05) is 18.4 Å². The molecule has 0 saturated heterocycles. The number of fused-ring (bicyclic) bond motifs is 1. The smallest absolute Gasteiger partial charge is 0.257 e. The third-order valence-electron chi connectivity index (χ3n) is 4.45. The lowest BCUT2D eigenvalue weighted by Gasteiger charge is -2.19. The minimum Gasteiger partial charge on any atom is -0.472 e. The Morgan fingerprint density at radius 3 is 2.96 bits per heavy atom. The van der Waals surface area contributed by atoms with Crippen LogP contribution in [0.3, 0.4) is 0 Å². The van der Waals surface area contributed by atoms with E-state index in [1.54, 1.807) is 12.4 Å². The summed E-state index contributed by atoms with van der Waals surface area (Å²) < 4.78 is 10.1. The van der Waals surface area contributed by atoms with Gasteiger partial charge in [-0.3, -0.25) is 4.79 Å². The summed E-state index contributed by atoms with van der Waals surface area (Å²) >= 11 is 0. The monoisotopic (exact) mass is 353 g/mol.